The number of benzene rings is 2. The molecule has 1 N–H and O–H groups in total. The SMILES string of the molecule is CCCCN1C2CN(CC3=CC=CC4SC=NC34)C(=O)C(Cc3ccc(O)cc3)N2C(=O)CN1Cc1ccccc1. The van der Waals surface area contributed by atoms with E-state index in [4.69, 9.17) is 4.99 Å². The lowest BCUT2D eigenvalue weighted by Gasteiger charge is -2.56. The van der Waals surface area contributed by atoms with E-state index in [-0.39, 0.29) is 41.6 Å². The van der Waals surface area contributed by atoms with Crippen molar-refractivity contribution in [2.45, 2.75) is 56.2 Å². The molecular weight excluding hydrogens is 534 g/mol. The first-order chi connectivity index (χ1) is 20.0. The third-order valence-corrected chi connectivity index (χ3v) is 9.35. The molecule has 2 fully saturated rings. The Morgan fingerprint density at radius 3 is 2.61 bits per heavy atom. The van der Waals surface area contributed by atoms with E-state index in [1.54, 1.807) is 23.9 Å². The Labute approximate surface area is 246 Å². The number of aromatic hydroxyl groups is 1. The molecule has 0 bridgehead atoms. The number of rotatable bonds is 9. The average molecular weight is 572 g/mol. The molecule has 4 aliphatic rings. The summed E-state index contributed by atoms with van der Waals surface area (Å²) in [5.41, 5.74) is 5.12. The van der Waals surface area contributed by atoms with Crippen LogP contribution in [0.3, 0.4) is 0 Å². The molecule has 3 heterocycles. The first-order valence-electron chi connectivity index (χ1n) is 14.5. The zero-order chi connectivity index (χ0) is 28.3. The van der Waals surface area contributed by atoms with Gasteiger partial charge in [-0.3, -0.25) is 14.6 Å². The number of phenolic OH excluding ortho intramolecular Hbond substituents is 1. The van der Waals surface area contributed by atoms with E-state index in [0.29, 0.717) is 26.1 Å². The number of nitrogens with zero attached hydrogens (tertiary/aromatic N) is 5. The van der Waals surface area contributed by atoms with Crippen LogP contribution >= 0.6 is 11.8 Å². The quantitative estimate of drug-likeness (QED) is 0.493. The topological polar surface area (TPSA) is 79.7 Å². The minimum atomic E-state index is -0.620. The number of aliphatic imine (C=N–C) groups is 1. The van der Waals surface area contributed by atoms with Crippen molar-refractivity contribution >= 4 is 29.1 Å². The van der Waals surface area contributed by atoms with E-state index in [1.165, 1.54) is 0 Å². The highest BCUT2D eigenvalue weighted by atomic mass is 32.2. The summed E-state index contributed by atoms with van der Waals surface area (Å²) in [5.74, 6) is 0.129. The van der Waals surface area contributed by atoms with Crippen molar-refractivity contribution in [3.63, 3.8) is 0 Å². The second kappa shape index (κ2) is 12.2. The van der Waals surface area contributed by atoms with Gasteiger partial charge >= 0.3 is 0 Å². The van der Waals surface area contributed by atoms with E-state index in [1.807, 2.05) is 45.7 Å². The fourth-order valence-corrected chi connectivity index (χ4v) is 7.20. The van der Waals surface area contributed by atoms with Crippen molar-refractivity contribution in [2.24, 2.45) is 4.99 Å². The van der Waals surface area contributed by atoms with Gasteiger partial charge in [-0.15, -0.1) is 11.8 Å². The molecule has 0 spiro atoms. The summed E-state index contributed by atoms with van der Waals surface area (Å²) >= 11 is 1.71. The minimum absolute atomic E-state index is 0.0212. The Morgan fingerprint density at radius 2 is 1.83 bits per heavy atom. The third kappa shape index (κ3) is 5.84. The number of phenols is 1. The molecule has 2 aromatic carbocycles. The van der Waals surface area contributed by atoms with Crippen molar-refractivity contribution in [3.8, 4) is 5.75 Å². The van der Waals surface area contributed by atoms with Gasteiger partial charge in [0.15, 0.2) is 0 Å². The highest BCUT2D eigenvalue weighted by molar-refractivity contribution is 8.13. The summed E-state index contributed by atoms with van der Waals surface area (Å²) in [6, 6.07) is 16.6. The summed E-state index contributed by atoms with van der Waals surface area (Å²) in [5, 5.41) is 14.6. The van der Waals surface area contributed by atoms with Gasteiger partial charge in [0.05, 0.1) is 29.9 Å². The van der Waals surface area contributed by atoms with Gasteiger partial charge in [0, 0.05) is 26.1 Å². The van der Waals surface area contributed by atoms with Crippen LogP contribution in [0, 0.1) is 0 Å². The summed E-state index contributed by atoms with van der Waals surface area (Å²) in [6.07, 6.45) is 8.51. The van der Waals surface area contributed by atoms with Gasteiger partial charge < -0.3 is 14.9 Å². The van der Waals surface area contributed by atoms with Gasteiger partial charge in [-0.05, 0) is 35.3 Å². The summed E-state index contributed by atoms with van der Waals surface area (Å²) < 4.78 is 0. The number of allylic oxidation sites excluding steroid dienone is 2. The molecule has 4 atom stereocenters. The Balaban J connectivity index is 1.33. The first kappa shape index (κ1) is 27.8. The zero-order valence-corrected chi connectivity index (χ0v) is 24.2. The van der Waals surface area contributed by atoms with Crippen LogP contribution in [-0.2, 0) is 22.6 Å². The van der Waals surface area contributed by atoms with Crippen LogP contribution in [0.25, 0.3) is 0 Å². The number of amides is 2. The van der Waals surface area contributed by atoms with Gasteiger partial charge in [-0.2, -0.15) is 0 Å². The molecule has 2 amide bonds. The number of thioether (sulfide) groups is 1. The normalized spacial score (nSPS) is 26.3. The Kier molecular flexibility index (Phi) is 8.27. The molecule has 0 radical (unpaired) electrons. The molecule has 214 valence electrons. The van der Waals surface area contributed by atoms with Gasteiger partial charge in [0.1, 0.15) is 18.0 Å². The number of carbonyl (C=O) groups is 2. The number of hydrogen-bond acceptors (Lipinski definition) is 7. The lowest BCUT2D eigenvalue weighted by Crippen LogP contribution is -2.75. The maximum Gasteiger partial charge on any atom is 0.246 e. The van der Waals surface area contributed by atoms with Crippen LogP contribution in [0.1, 0.15) is 30.9 Å². The Bertz CT molecular complexity index is 1340. The molecular formula is C32H37N5O3S. The maximum absolute atomic E-state index is 14.2. The first-order valence-corrected chi connectivity index (χ1v) is 15.4. The van der Waals surface area contributed by atoms with E-state index >= 15 is 0 Å². The van der Waals surface area contributed by atoms with Crippen LogP contribution in [0.15, 0.2) is 83.4 Å². The van der Waals surface area contributed by atoms with Crippen LogP contribution in [0.4, 0.5) is 0 Å². The van der Waals surface area contributed by atoms with Crippen LogP contribution in [0.2, 0.25) is 0 Å². The van der Waals surface area contributed by atoms with Crippen LogP contribution in [-0.4, -0.2) is 92.0 Å². The Morgan fingerprint density at radius 1 is 1.02 bits per heavy atom. The van der Waals surface area contributed by atoms with E-state index in [9.17, 15) is 14.7 Å². The molecule has 6 rings (SSSR count). The number of hydrogen-bond donors (Lipinski definition) is 1. The van der Waals surface area contributed by atoms with E-state index < -0.39 is 6.04 Å². The van der Waals surface area contributed by atoms with Crippen molar-refractivity contribution in [2.75, 3.05) is 26.2 Å². The summed E-state index contributed by atoms with van der Waals surface area (Å²) in [6.45, 7) is 4.80. The fraction of sp³-hybridized carbons (Fsp3) is 0.406. The number of fused-ring (bicyclic) bond motifs is 2. The van der Waals surface area contributed by atoms with Crippen molar-refractivity contribution in [1.29, 1.82) is 0 Å². The monoisotopic (exact) mass is 571 g/mol. The molecule has 1 aliphatic carbocycles. The Hall–Kier alpha value is -3.40. The third-order valence-electron chi connectivity index (χ3n) is 8.38. The maximum atomic E-state index is 14.2. The smallest absolute Gasteiger partial charge is 0.246 e. The van der Waals surface area contributed by atoms with E-state index in [0.717, 1.165) is 36.1 Å². The van der Waals surface area contributed by atoms with Gasteiger partial charge in [-0.25, -0.2) is 10.0 Å². The molecule has 41 heavy (non-hydrogen) atoms. The lowest BCUT2D eigenvalue weighted by atomic mass is 9.95. The van der Waals surface area contributed by atoms with Gasteiger partial charge in [-0.1, -0.05) is 74.0 Å². The molecule has 0 saturated carbocycles. The molecule has 4 unspecified atom stereocenters. The highest BCUT2D eigenvalue weighted by Crippen LogP contribution is 2.34. The lowest BCUT2D eigenvalue weighted by molar-refractivity contribution is -0.205. The van der Waals surface area contributed by atoms with Crippen molar-refractivity contribution in [1.82, 2.24) is 19.8 Å². The predicted molar refractivity (Wildman–Crippen MR) is 162 cm³/mol. The minimum Gasteiger partial charge on any atom is -0.508 e. The molecule has 0 aromatic heterocycles. The predicted octanol–water partition coefficient (Wildman–Crippen LogP) is 3.84. The van der Waals surface area contributed by atoms with Crippen LogP contribution < -0.4 is 0 Å². The second-order valence-corrected chi connectivity index (χ2v) is 12.2. The molecule has 8 nitrogen and oxygen atoms in total. The number of hydrazine groups is 1. The largest absolute Gasteiger partial charge is 0.508 e. The van der Waals surface area contributed by atoms with Crippen molar-refractivity contribution in [3.05, 3.63) is 89.5 Å². The highest BCUT2D eigenvalue weighted by Gasteiger charge is 2.50. The number of carbonyl (C=O) groups excluding carboxylic acids is 2. The molecule has 2 saturated heterocycles. The molecule has 9 heteroatoms. The molecule has 3 aliphatic heterocycles. The number of piperazine rings is 1. The standard InChI is InChI=1S/C32H37N5O3S/c1-2-3-16-36-29-20-34(19-25-10-7-11-28-31(25)33-22-41-28)32(40)27(17-23-12-14-26(38)15-13-23)37(29)30(39)21-35(36)18-24-8-5-4-6-9-24/h4-15,22,27-29,31,38H,2-3,16-21H2,1H3. The summed E-state index contributed by atoms with van der Waals surface area (Å²) in [4.78, 5) is 36.6. The van der Waals surface area contributed by atoms with Gasteiger partial charge in [0.2, 0.25) is 11.8 Å². The van der Waals surface area contributed by atoms with Crippen molar-refractivity contribution < 1.29 is 14.7 Å². The average Bonchev–Trinajstić information content (AvgIpc) is 3.47. The molecule has 2 aromatic rings. The fourth-order valence-electron chi connectivity index (χ4n) is 6.28. The zero-order valence-electron chi connectivity index (χ0n) is 23.4. The van der Waals surface area contributed by atoms with Gasteiger partial charge in [0.25, 0.3) is 0 Å². The summed E-state index contributed by atoms with van der Waals surface area (Å²) in [7, 11) is 0. The number of unbranched alkanes of at least 4 members (excludes halogenated alkanes) is 1. The van der Waals surface area contributed by atoms with E-state index in [2.05, 4.69) is 47.3 Å². The second-order valence-electron chi connectivity index (χ2n) is 11.1. The van der Waals surface area contributed by atoms with Crippen LogP contribution in [0.5, 0.6) is 5.75 Å².